The normalized spacial score (nSPS) is 15.8. The van der Waals surface area contributed by atoms with Gasteiger partial charge in [0.2, 0.25) is 5.78 Å². The molecule has 0 fully saturated rings. The van der Waals surface area contributed by atoms with Gasteiger partial charge in [-0.05, 0) is 42.3 Å². The number of carbonyl (C=O) groups excluding carboxylic acids is 1. The Morgan fingerprint density at radius 2 is 1.76 bits per heavy atom. The van der Waals surface area contributed by atoms with Crippen LogP contribution in [0.2, 0.25) is 0 Å². The van der Waals surface area contributed by atoms with Gasteiger partial charge in [0.25, 0.3) is 0 Å². The van der Waals surface area contributed by atoms with Crippen molar-refractivity contribution in [3.63, 3.8) is 0 Å². The van der Waals surface area contributed by atoms with E-state index in [1.807, 2.05) is 0 Å². The Bertz CT molecular complexity index is 1190. The molecule has 7 heteroatoms. The Labute approximate surface area is 168 Å². The second kappa shape index (κ2) is 7.33. The number of fused-ring (bicyclic) bond motifs is 1. The molecular weight excluding hydrogens is 390 g/mol. The van der Waals surface area contributed by atoms with Crippen molar-refractivity contribution in [1.82, 2.24) is 4.57 Å². The summed E-state index contributed by atoms with van der Waals surface area (Å²) >= 11 is 0. The number of ketones is 1. The molecule has 1 atom stereocenters. The summed E-state index contributed by atoms with van der Waals surface area (Å²) in [6, 6.07) is 18.1. The van der Waals surface area contributed by atoms with Crippen molar-refractivity contribution < 1.29 is 23.1 Å². The number of aliphatic carboxylic acids is 1. The molecule has 0 amide bonds. The van der Waals surface area contributed by atoms with Crippen LogP contribution in [-0.4, -0.2) is 29.8 Å². The third-order valence-electron chi connectivity index (χ3n) is 5.19. The zero-order valence-electron chi connectivity index (χ0n) is 15.5. The number of carbonyl (C=O) groups is 2. The van der Waals surface area contributed by atoms with Gasteiger partial charge in [-0.25, -0.2) is 8.42 Å². The maximum Gasteiger partial charge on any atom is 0.312 e. The van der Waals surface area contributed by atoms with Crippen LogP contribution < -0.4 is 0 Å². The van der Waals surface area contributed by atoms with E-state index in [2.05, 4.69) is 0 Å². The van der Waals surface area contributed by atoms with Crippen molar-refractivity contribution in [2.24, 2.45) is 0 Å². The molecule has 6 nitrogen and oxygen atoms in total. The first-order valence-electron chi connectivity index (χ1n) is 9.20. The lowest BCUT2D eigenvalue weighted by atomic mass is 10.0. The van der Waals surface area contributed by atoms with E-state index in [1.54, 1.807) is 71.3 Å². The van der Waals surface area contributed by atoms with Crippen LogP contribution in [0.4, 0.5) is 0 Å². The molecule has 2 heterocycles. The monoisotopic (exact) mass is 409 g/mol. The molecule has 1 unspecified atom stereocenters. The number of sulfone groups is 1. The van der Waals surface area contributed by atoms with Crippen molar-refractivity contribution in [3.8, 4) is 0 Å². The molecular formula is C22H19NO5S. The highest BCUT2D eigenvalue weighted by Crippen LogP contribution is 2.31. The number of rotatable bonds is 6. The van der Waals surface area contributed by atoms with Gasteiger partial charge in [0.15, 0.2) is 9.84 Å². The Kier molecular flexibility index (Phi) is 4.84. The van der Waals surface area contributed by atoms with E-state index in [1.165, 1.54) is 0 Å². The topological polar surface area (TPSA) is 93.4 Å². The highest BCUT2D eigenvalue weighted by molar-refractivity contribution is 7.90. The second-order valence-corrected chi connectivity index (χ2v) is 9.07. The minimum atomic E-state index is -3.52. The van der Waals surface area contributed by atoms with Gasteiger partial charge in [-0.2, -0.15) is 0 Å². The van der Waals surface area contributed by atoms with Gasteiger partial charge in [-0.3, -0.25) is 9.59 Å². The molecule has 0 saturated heterocycles. The molecule has 0 saturated carbocycles. The van der Waals surface area contributed by atoms with Crippen molar-refractivity contribution in [2.75, 3.05) is 0 Å². The third-order valence-corrected chi connectivity index (χ3v) is 6.90. The lowest BCUT2D eigenvalue weighted by Crippen LogP contribution is -2.11. The molecule has 3 aromatic rings. The minimum absolute atomic E-state index is 0.203. The largest absolute Gasteiger partial charge is 0.481 e. The van der Waals surface area contributed by atoms with Gasteiger partial charge in [0, 0.05) is 17.8 Å². The van der Waals surface area contributed by atoms with Crippen LogP contribution in [0, 0.1) is 0 Å². The van der Waals surface area contributed by atoms with Crippen molar-refractivity contribution in [1.29, 1.82) is 0 Å². The number of carboxylic acids is 1. The summed E-state index contributed by atoms with van der Waals surface area (Å²) in [5, 5.41) is 9.31. The average Bonchev–Trinajstić information content (AvgIpc) is 3.30. The SMILES string of the molecule is O=C(c1cccc(CS(=O)(=O)c2ccccc2)c1)c1ccc2n1CCC2C(=O)O. The minimum Gasteiger partial charge on any atom is -0.481 e. The summed E-state index contributed by atoms with van der Waals surface area (Å²) < 4.78 is 27.0. The van der Waals surface area contributed by atoms with E-state index < -0.39 is 21.7 Å². The van der Waals surface area contributed by atoms with Crippen molar-refractivity contribution in [3.05, 3.63) is 89.2 Å². The Morgan fingerprint density at radius 3 is 2.48 bits per heavy atom. The molecule has 1 aliphatic heterocycles. The molecule has 1 aliphatic rings. The summed E-state index contributed by atoms with van der Waals surface area (Å²) in [4.78, 5) is 24.6. The molecule has 148 valence electrons. The van der Waals surface area contributed by atoms with E-state index in [0.717, 1.165) is 0 Å². The Balaban J connectivity index is 1.61. The number of hydrogen-bond acceptors (Lipinski definition) is 4. The quantitative estimate of drug-likeness (QED) is 0.631. The molecule has 1 aromatic heterocycles. The van der Waals surface area contributed by atoms with Crippen LogP contribution in [0.15, 0.2) is 71.6 Å². The van der Waals surface area contributed by atoms with E-state index in [-0.39, 0.29) is 16.4 Å². The van der Waals surface area contributed by atoms with E-state index in [0.29, 0.717) is 35.5 Å². The van der Waals surface area contributed by atoms with E-state index >= 15 is 0 Å². The summed E-state index contributed by atoms with van der Waals surface area (Å²) in [6.07, 6.45) is 0.459. The first kappa shape index (κ1) is 19.1. The van der Waals surface area contributed by atoms with Gasteiger partial charge >= 0.3 is 5.97 Å². The average molecular weight is 409 g/mol. The lowest BCUT2D eigenvalue weighted by Gasteiger charge is -2.08. The smallest absolute Gasteiger partial charge is 0.312 e. The van der Waals surface area contributed by atoms with Crippen LogP contribution in [0.1, 0.15) is 39.6 Å². The predicted octanol–water partition coefficient (Wildman–Crippen LogP) is 3.26. The van der Waals surface area contributed by atoms with E-state index in [4.69, 9.17) is 0 Å². The van der Waals surface area contributed by atoms with Gasteiger partial charge in [-0.1, -0.05) is 36.4 Å². The van der Waals surface area contributed by atoms with Gasteiger partial charge < -0.3 is 9.67 Å². The number of aromatic nitrogens is 1. The zero-order chi connectivity index (χ0) is 20.6. The van der Waals surface area contributed by atoms with Crippen LogP contribution in [0.3, 0.4) is 0 Å². The number of hydrogen-bond donors (Lipinski definition) is 1. The lowest BCUT2D eigenvalue weighted by molar-refractivity contribution is -0.138. The zero-order valence-corrected chi connectivity index (χ0v) is 16.3. The molecule has 0 aliphatic carbocycles. The standard InChI is InChI=1S/C22H19NO5S/c24-21(20-10-9-19-18(22(25)26)11-12-23(19)20)16-6-4-5-15(13-16)14-29(27,28)17-7-2-1-3-8-17/h1-10,13,18H,11-12,14H2,(H,25,26). The van der Waals surface area contributed by atoms with Crippen molar-refractivity contribution in [2.45, 2.75) is 29.5 Å². The predicted molar refractivity (Wildman–Crippen MR) is 107 cm³/mol. The van der Waals surface area contributed by atoms with Crippen LogP contribution in [0.5, 0.6) is 0 Å². The fraction of sp³-hybridized carbons (Fsp3) is 0.182. The van der Waals surface area contributed by atoms with Crippen LogP contribution >= 0.6 is 0 Å². The number of carboxylic acid groups (broad SMARTS) is 1. The maximum absolute atomic E-state index is 13.0. The fourth-order valence-corrected chi connectivity index (χ4v) is 5.13. The highest BCUT2D eigenvalue weighted by atomic mass is 32.2. The third kappa shape index (κ3) is 3.61. The number of nitrogens with zero attached hydrogens (tertiary/aromatic N) is 1. The second-order valence-electron chi connectivity index (χ2n) is 7.08. The van der Waals surface area contributed by atoms with E-state index in [9.17, 15) is 23.1 Å². The molecule has 2 aromatic carbocycles. The molecule has 0 spiro atoms. The van der Waals surface area contributed by atoms with Crippen molar-refractivity contribution >= 4 is 21.6 Å². The Hall–Kier alpha value is -3.19. The molecule has 0 bridgehead atoms. The highest BCUT2D eigenvalue weighted by Gasteiger charge is 2.31. The maximum atomic E-state index is 13.0. The molecule has 4 rings (SSSR count). The Morgan fingerprint density at radius 1 is 1.00 bits per heavy atom. The summed E-state index contributed by atoms with van der Waals surface area (Å²) in [5.41, 5.74) is 1.96. The molecule has 29 heavy (non-hydrogen) atoms. The molecule has 0 radical (unpaired) electrons. The first-order chi connectivity index (χ1) is 13.9. The first-order valence-corrected chi connectivity index (χ1v) is 10.9. The van der Waals surface area contributed by atoms with Crippen LogP contribution in [-0.2, 0) is 26.9 Å². The molecule has 1 N–H and O–H groups in total. The van der Waals surface area contributed by atoms with Gasteiger partial charge in [0.1, 0.15) is 0 Å². The summed E-state index contributed by atoms with van der Waals surface area (Å²) in [7, 11) is -3.52. The fourth-order valence-electron chi connectivity index (χ4n) is 3.77. The van der Waals surface area contributed by atoms with Gasteiger partial charge in [0.05, 0.1) is 22.3 Å². The van der Waals surface area contributed by atoms with Gasteiger partial charge in [-0.15, -0.1) is 0 Å². The summed E-state index contributed by atoms with van der Waals surface area (Å²) in [5.74, 6) is -1.94. The van der Waals surface area contributed by atoms with Crippen LogP contribution in [0.25, 0.3) is 0 Å². The summed E-state index contributed by atoms with van der Waals surface area (Å²) in [6.45, 7) is 0.475. The number of benzene rings is 2.